The van der Waals surface area contributed by atoms with Crippen molar-refractivity contribution in [2.24, 2.45) is 0 Å². The van der Waals surface area contributed by atoms with E-state index in [0.717, 1.165) is 82.3 Å². The first kappa shape index (κ1) is 27.7. The van der Waals surface area contributed by atoms with Gasteiger partial charge in [0.2, 0.25) is 11.8 Å². The third-order valence-corrected chi connectivity index (χ3v) is 9.07. The molecule has 3 fully saturated rings. The zero-order chi connectivity index (χ0) is 28.2. The van der Waals surface area contributed by atoms with E-state index in [1.165, 1.54) is 18.4 Å². The standard InChI is InChI=1S/C32H41N5O4/c38-30-10-9-29(31(39)34-30)37-22-25-21-26(5-8-28(25)32(37)40)36-18-16-35(17-19-36)15-1-2-20-41-27-6-3-23(4-7-27)24-11-13-33-14-12-24/h3-8,21,24,29,33H,1-2,9-20,22H2,(H,34,38,39). The number of hydrogen-bond acceptors (Lipinski definition) is 7. The second kappa shape index (κ2) is 12.6. The van der Waals surface area contributed by atoms with Gasteiger partial charge in [-0.1, -0.05) is 12.1 Å². The highest BCUT2D eigenvalue weighted by atomic mass is 16.5. The molecule has 9 nitrogen and oxygen atoms in total. The number of carbonyl (C=O) groups is 3. The number of rotatable bonds is 9. The number of nitrogens with zero attached hydrogens (tertiary/aromatic N) is 3. The molecule has 9 heteroatoms. The van der Waals surface area contributed by atoms with E-state index in [0.29, 0.717) is 24.4 Å². The smallest absolute Gasteiger partial charge is 0.255 e. The molecule has 3 saturated heterocycles. The fraction of sp³-hybridized carbons (Fsp3) is 0.531. The predicted octanol–water partition coefficient (Wildman–Crippen LogP) is 2.90. The second-order valence-corrected chi connectivity index (χ2v) is 11.7. The molecule has 4 aliphatic heterocycles. The molecular weight excluding hydrogens is 518 g/mol. The van der Waals surface area contributed by atoms with Crippen molar-refractivity contribution in [3.63, 3.8) is 0 Å². The van der Waals surface area contributed by atoms with Crippen LogP contribution in [0.15, 0.2) is 42.5 Å². The van der Waals surface area contributed by atoms with Crippen LogP contribution in [0, 0.1) is 0 Å². The highest BCUT2D eigenvalue weighted by Gasteiger charge is 2.39. The van der Waals surface area contributed by atoms with Crippen molar-refractivity contribution in [3.05, 3.63) is 59.2 Å². The summed E-state index contributed by atoms with van der Waals surface area (Å²) < 4.78 is 6.01. The minimum atomic E-state index is -0.574. The number of imide groups is 1. The van der Waals surface area contributed by atoms with Crippen molar-refractivity contribution in [2.45, 2.75) is 57.0 Å². The second-order valence-electron chi connectivity index (χ2n) is 11.7. The lowest BCUT2D eigenvalue weighted by Gasteiger charge is -2.36. The largest absolute Gasteiger partial charge is 0.494 e. The number of amides is 3. The molecular formula is C32H41N5O4. The zero-order valence-corrected chi connectivity index (χ0v) is 23.8. The number of benzene rings is 2. The van der Waals surface area contributed by atoms with E-state index in [9.17, 15) is 14.4 Å². The van der Waals surface area contributed by atoms with Crippen LogP contribution in [0.1, 0.15) is 65.9 Å². The lowest BCUT2D eigenvalue weighted by molar-refractivity contribution is -0.136. The minimum absolute atomic E-state index is 0.121. The van der Waals surface area contributed by atoms with Gasteiger partial charge in [0.05, 0.1) is 6.61 Å². The number of carbonyl (C=O) groups excluding carboxylic acids is 3. The summed E-state index contributed by atoms with van der Waals surface area (Å²) in [6.45, 7) is 8.38. The molecule has 2 aromatic carbocycles. The quantitative estimate of drug-likeness (QED) is 0.361. The van der Waals surface area contributed by atoms with Crippen LogP contribution in [0.4, 0.5) is 5.69 Å². The number of hydrogen-bond donors (Lipinski definition) is 2. The lowest BCUT2D eigenvalue weighted by atomic mass is 9.90. The van der Waals surface area contributed by atoms with Gasteiger partial charge in [0.1, 0.15) is 11.8 Å². The molecule has 2 aromatic rings. The maximum absolute atomic E-state index is 13.0. The van der Waals surface area contributed by atoms with Crippen molar-refractivity contribution in [2.75, 3.05) is 57.3 Å². The Hall–Kier alpha value is -3.43. The average Bonchev–Trinajstić information content (AvgIpc) is 3.33. The van der Waals surface area contributed by atoms with Crippen LogP contribution < -0.4 is 20.3 Å². The normalized spacial score (nSPS) is 22.1. The van der Waals surface area contributed by atoms with Crippen molar-refractivity contribution in [1.82, 2.24) is 20.4 Å². The SMILES string of the molecule is O=C1CCC(N2Cc3cc(N4CCN(CCCCOc5ccc(C6CCNCC6)cc5)CC4)ccc3C2=O)C(=O)N1. The number of nitrogens with one attached hydrogen (secondary N) is 2. The first-order chi connectivity index (χ1) is 20.0. The summed E-state index contributed by atoms with van der Waals surface area (Å²) in [5.41, 5.74) is 4.18. The average molecular weight is 560 g/mol. The number of fused-ring (bicyclic) bond motifs is 1. The van der Waals surface area contributed by atoms with E-state index >= 15 is 0 Å². The number of piperidine rings is 2. The topological polar surface area (TPSA) is 94.2 Å². The van der Waals surface area contributed by atoms with Crippen LogP contribution in [0.25, 0.3) is 0 Å². The maximum Gasteiger partial charge on any atom is 0.255 e. The van der Waals surface area contributed by atoms with Gasteiger partial charge >= 0.3 is 0 Å². The van der Waals surface area contributed by atoms with E-state index < -0.39 is 6.04 Å². The fourth-order valence-corrected chi connectivity index (χ4v) is 6.61. The van der Waals surface area contributed by atoms with Crippen LogP contribution in [0.3, 0.4) is 0 Å². The molecule has 41 heavy (non-hydrogen) atoms. The third-order valence-electron chi connectivity index (χ3n) is 9.07. The number of unbranched alkanes of at least 4 members (excludes halogenated alkanes) is 1. The Balaban J connectivity index is 0.911. The summed E-state index contributed by atoms with van der Waals surface area (Å²) >= 11 is 0. The minimum Gasteiger partial charge on any atom is -0.494 e. The molecule has 0 saturated carbocycles. The van der Waals surface area contributed by atoms with E-state index in [2.05, 4.69) is 50.8 Å². The van der Waals surface area contributed by atoms with E-state index in [1.807, 2.05) is 12.1 Å². The number of anilines is 1. The van der Waals surface area contributed by atoms with Crippen molar-refractivity contribution in [3.8, 4) is 5.75 Å². The highest BCUT2D eigenvalue weighted by molar-refractivity contribution is 6.05. The van der Waals surface area contributed by atoms with Gasteiger partial charge in [0.25, 0.3) is 5.91 Å². The summed E-state index contributed by atoms with van der Waals surface area (Å²) in [7, 11) is 0. The van der Waals surface area contributed by atoms with Crippen molar-refractivity contribution < 1.29 is 19.1 Å². The van der Waals surface area contributed by atoms with Crippen LogP contribution in [-0.4, -0.2) is 86.0 Å². The lowest BCUT2D eigenvalue weighted by Crippen LogP contribution is -2.52. The first-order valence-corrected chi connectivity index (χ1v) is 15.2. The van der Waals surface area contributed by atoms with Crippen molar-refractivity contribution in [1.29, 1.82) is 0 Å². The van der Waals surface area contributed by atoms with E-state index in [-0.39, 0.29) is 24.1 Å². The Morgan fingerprint density at radius 1 is 0.878 bits per heavy atom. The molecule has 0 aliphatic carbocycles. The summed E-state index contributed by atoms with van der Waals surface area (Å²) in [6.07, 6.45) is 5.24. The molecule has 3 amide bonds. The molecule has 0 aromatic heterocycles. The summed E-state index contributed by atoms with van der Waals surface area (Å²) in [5, 5.41) is 5.80. The Labute approximate surface area is 242 Å². The Morgan fingerprint density at radius 3 is 2.41 bits per heavy atom. The van der Waals surface area contributed by atoms with Crippen LogP contribution >= 0.6 is 0 Å². The van der Waals surface area contributed by atoms with Crippen LogP contribution in [0.2, 0.25) is 0 Å². The molecule has 0 bridgehead atoms. The maximum atomic E-state index is 13.0. The molecule has 218 valence electrons. The van der Waals surface area contributed by atoms with E-state index in [4.69, 9.17) is 4.74 Å². The van der Waals surface area contributed by atoms with Gasteiger partial charge in [-0.25, -0.2) is 0 Å². The Kier molecular flexibility index (Phi) is 8.53. The van der Waals surface area contributed by atoms with Gasteiger partial charge in [-0.3, -0.25) is 24.6 Å². The van der Waals surface area contributed by atoms with Crippen molar-refractivity contribution >= 4 is 23.4 Å². The van der Waals surface area contributed by atoms with Gasteiger partial charge in [0.15, 0.2) is 0 Å². The molecule has 0 radical (unpaired) electrons. The van der Waals surface area contributed by atoms with Gasteiger partial charge in [-0.05, 0) is 99.1 Å². The molecule has 4 aliphatic rings. The Bertz CT molecular complexity index is 1250. The Morgan fingerprint density at radius 2 is 1.66 bits per heavy atom. The molecule has 1 unspecified atom stereocenters. The predicted molar refractivity (Wildman–Crippen MR) is 157 cm³/mol. The van der Waals surface area contributed by atoms with Gasteiger partial charge in [-0.2, -0.15) is 0 Å². The number of ether oxygens (including phenoxy) is 1. The zero-order valence-electron chi connectivity index (χ0n) is 23.8. The number of piperazine rings is 1. The van der Waals surface area contributed by atoms with E-state index in [1.54, 1.807) is 4.90 Å². The van der Waals surface area contributed by atoms with Gasteiger partial charge < -0.3 is 19.9 Å². The van der Waals surface area contributed by atoms with Gasteiger partial charge in [-0.15, -0.1) is 0 Å². The van der Waals surface area contributed by atoms with Crippen LogP contribution in [0.5, 0.6) is 5.75 Å². The molecule has 6 rings (SSSR count). The molecule has 1 atom stereocenters. The van der Waals surface area contributed by atoms with Crippen LogP contribution in [-0.2, 0) is 16.1 Å². The highest BCUT2D eigenvalue weighted by Crippen LogP contribution is 2.31. The summed E-state index contributed by atoms with van der Waals surface area (Å²) in [6, 6.07) is 14.2. The fourth-order valence-electron chi connectivity index (χ4n) is 6.61. The third kappa shape index (κ3) is 6.41. The summed E-state index contributed by atoms with van der Waals surface area (Å²) in [4.78, 5) is 43.3. The van der Waals surface area contributed by atoms with Gasteiger partial charge in [0, 0.05) is 50.4 Å². The monoisotopic (exact) mass is 559 g/mol. The molecule has 0 spiro atoms. The summed E-state index contributed by atoms with van der Waals surface area (Å²) in [5.74, 6) is 0.885. The first-order valence-electron chi connectivity index (χ1n) is 15.2. The molecule has 2 N–H and O–H groups in total. The molecule has 4 heterocycles.